The number of para-hydroxylation sites is 1. The molecule has 0 fully saturated rings. The highest BCUT2D eigenvalue weighted by molar-refractivity contribution is 5.85. The van der Waals surface area contributed by atoms with Gasteiger partial charge >= 0.3 is 5.63 Å². The molecule has 0 saturated heterocycles. The highest BCUT2D eigenvalue weighted by Crippen LogP contribution is 2.26. The molecule has 0 radical (unpaired) electrons. The summed E-state index contributed by atoms with van der Waals surface area (Å²) in [6.45, 7) is 2.19. The monoisotopic (exact) mass is 215 g/mol. The van der Waals surface area contributed by atoms with E-state index >= 15 is 0 Å². The Morgan fingerprint density at radius 1 is 1.44 bits per heavy atom. The first-order valence-corrected chi connectivity index (χ1v) is 4.86. The van der Waals surface area contributed by atoms with Crippen LogP contribution in [0.15, 0.2) is 33.5 Å². The van der Waals surface area contributed by atoms with Crippen LogP contribution in [0, 0.1) is 11.3 Å². The number of rotatable bonds is 2. The summed E-state index contributed by atoms with van der Waals surface area (Å²) in [5.74, 6) is 0.303. The Morgan fingerprint density at radius 3 is 2.88 bits per heavy atom. The second-order valence-corrected chi connectivity index (χ2v) is 3.13. The maximum Gasteiger partial charge on any atom is 0.358 e. The number of benzene rings is 1. The highest BCUT2D eigenvalue weighted by atomic mass is 16.5. The molecule has 0 aliphatic carbocycles. The van der Waals surface area contributed by atoms with Gasteiger partial charge in [0, 0.05) is 0 Å². The number of nitrogens with zero attached hydrogens (tertiary/aromatic N) is 1. The van der Waals surface area contributed by atoms with Crippen LogP contribution in [-0.2, 0) is 0 Å². The first-order valence-electron chi connectivity index (χ1n) is 4.86. The van der Waals surface area contributed by atoms with Crippen LogP contribution in [0.5, 0.6) is 5.75 Å². The second kappa shape index (κ2) is 4.07. The SMILES string of the molecule is CCOc1c(C#N)c(=O)oc2ccccc12. The zero-order valence-corrected chi connectivity index (χ0v) is 8.69. The molecule has 0 aliphatic heterocycles. The van der Waals surface area contributed by atoms with Gasteiger partial charge in [-0.2, -0.15) is 5.26 Å². The summed E-state index contributed by atoms with van der Waals surface area (Å²) in [7, 11) is 0. The van der Waals surface area contributed by atoms with Crippen LogP contribution in [0.25, 0.3) is 11.0 Å². The van der Waals surface area contributed by atoms with Crippen molar-refractivity contribution in [2.24, 2.45) is 0 Å². The number of ether oxygens (including phenoxy) is 1. The van der Waals surface area contributed by atoms with Crippen LogP contribution in [0.3, 0.4) is 0 Å². The third kappa shape index (κ3) is 1.52. The lowest BCUT2D eigenvalue weighted by atomic mass is 10.1. The third-order valence-electron chi connectivity index (χ3n) is 2.17. The molecule has 0 N–H and O–H groups in total. The van der Waals surface area contributed by atoms with Gasteiger partial charge in [-0.25, -0.2) is 4.79 Å². The standard InChI is InChI=1S/C12H9NO3/c1-2-15-11-8-5-3-4-6-10(8)16-12(14)9(11)7-13/h3-6H,2H2,1H3. The van der Waals surface area contributed by atoms with Gasteiger partial charge in [0.05, 0.1) is 12.0 Å². The van der Waals surface area contributed by atoms with Gasteiger partial charge in [0.1, 0.15) is 11.7 Å². The van der Waals surface area contributed by atoms with Crippen molar-refractivity contribution in [3.05, 3.63) is 40.2 Å². The molecule has 0 unspecified atom stereocenters. The van der Waals surface area contributed by atoms with Crippen molar-refractivity contribution < 1.29 is 9.15 Å². The zero-order chi connectivity index (χ0) is 11.5. The topological polar surface area (TPSA) is 63.2 Å². The summed E-state index contributed by atoms with van der Waals surface area (Å²) in [5, 5.41) is 9.53. The number of fused-ring (bicyclic) bond motifs is 1. The van der Waals surface area contributed by atoms with E-state index in [1.54, 1.807) is 31.2 Å². The van der Waals surface area contributed by atoms with E-state index in [0.717, 1.165) is 0 Å². The lowest BCUT2D eigenvalue weighted by Gasteiger charge is -2.07. The Balaban J connectivity index is 2.88. The van der Waals surface area contributed by atoms with Crippen LogP contribution in [0.2, 0.25) is 0 Å². The van der Waals surface area contributed by atoms with Crippen molar-refractivity contribution in [3.8, 4) is 11.8 Å². The third-order valence-corrected chi connectivity index (χ3v) is 2.17. The number of hydrogen-bond donors (Lipinski definition) is 0. The Kier molecular flexibility index (Phi) is 2.61. The molecule has 4 nitrogen and oxygen atoms in total. The molecular weight excluding hydrogens is 206 g/mol. The predicted octanol–water partition coefficient (Wildman–Crippen LogP) is 2.06. The van der Waals surface area contributed by atoms with Crippen molar-refractivity contribution >= 4 is 11.0 Å². The van der Waals surface area contributed by atoms with Crippen LogP contribution >= 0.6 is 0 Å². The van der Waals surface area contributed by atoms with E-state index in [-0.39, 0.29) is 5.56 Å². The average molecular weight is 215 g/mol. The minimum atomic E-state index is -0.662. The summed E-state index contributed by atoms with van der Waals surface area (Å²) < 4.78 is 10.4. The lowest BCUT2D eigenvalue weighted by Crippen LogP contribution is -2.08. The molecule has 0 bridgehead atoms. The molecule has 1 aromatic heterocycles. The summed E-state index contributed by atoms with van der Waals surface area (Å²) >= 11 is 0. The lowest BCUT2D eigenvalue weighted by molar-refractivity contribution is 0.339. The van der Waals surface area contributed by atoms with Crippen LogP contribution in [0.4, 0.5) is 0 Å². The Morgan fingerprint density at radius 2 is 2.19 bits per heavy atom. The summed E-state index contributed by atoms with van der Waals surface area (Å²) in [5.41, 5.74) is -0.319. The maximum atomic E-state index is 11.5. The van der Waals surface area contributed by atoms with E-state index in [4.69, 9.17) is 14.4 Å². The fourth-order valence-corrected chi connectivity index (χ4v) is 1.51. The smallest absolute Gasteiger partial charge is 0.358 e. The number of nitriles is 1. The Labute approximate surface area is 91.7 Å². The minimum absolute atomic E-state index is 0.0828. The first-order chi connectivity index (χ1) is 7.77. The van der Waals surface area contributed by atoms with Crippen LogP contribution in [0.1, 0.15) is 12.5 Å². The van der Waals surface area contributed by atoms with Crippen LogP contribution < -0.4 is 10.4 Å². The average Bonchev–Trinajstić information content (AvgIpc) is 2.29. The minimum Gasteiger partial charge on any atom is -0.491 e. The van der Waals surface area contributed by atoms with E-state index in [1.165, 1.54) is 0 Å². The molecule has 0 saturated carbocycles. The van der Waals surface area contributed by atoms with Crippen molar-refractivity contribution in [1.29, 1.82) is 5.26 Å². The predicted molar refractivity (Wildman–Crippen MR) is 58.4 cm³/mol. The molecule has 0 spiro atoms. The highest BCUT2D eigenvalue weighted by Gasteiger charge is 2.14. The van der Waals surface area contributed by atoms with Crippen LogP contribution in [-0.4, -0.2) is 6.61 Å². The van der Waals surface area contributed by atoms with Gasteiger partial charge < -0.3 is 9.15 Å². The van der Waals surface area contributed by atoms with E-state index in [2.05, 4.69) is 0 Å². The molecule has 2 aromatic rings. The molecule has 1 aromatic carbocycles. The quantitative estimate of drug-likeness (QED) is 0.719. The maximum absolute atomic E-state index is 11.5. The van der Waals surface area contributed by atoms with Crippen molar-refractivity contribution in [2.75, 3.05) is 6.61 Å². The van der Waals surface area contributed by atoms with E-state index in [0.29, 0.717) is 23.3 Å². The fraction of sp³-hybridized carbons (Fsp3) is 0.167. The van der Waals surface area contributed by atoms with Gasteiger partial charge in [0.2, 0.25) is 0 Å². The first kappa shape index (κ1) is 10.2. The molecule has 80 valence electrons. The summed E-state index contributed by atoms with van der Waals surface area (Å²) in [6.07, 6.45) is 0. The van der Waals surface area contributed by atoms with Gasteiger partial charge in [-0.05, 0) is 19.1 Å². The van der Waals surface area contributed by atoms with E-state index in [9.17, 15) is 4.79 Å². The largest absolute Gasteiger partial charge is 0.491 e. The fourth-order valence-electron chi connectivity index (χ4n) is 1.51. The van der Waals surface area contributed by atoms with Gasteiger partial charge in [0.25, 0.3) is 0 Å². The molecular formula is C12H9NO3. The van der Waals surface area contributed by atoms with Crippen molar-refractivity contribution in [2.45, 2.75) is 6.92 Å². The summed E-state index contributed by atoms with van der Waals surface area (Å²) in [4.78, 5) is 11.5. The van der Waals surface area contributed by atoms with Gasteiger partial charge in [-0.1, -0.05) is 12.1 Å². The molecule has 1 heterocycles. The van der Waals surface area contributed by atoms with E-state index in [1.807, 2.05) is 6.07 Å². The Bertz CT molecular complexity index is 622. The van der Waals surface area contributed by atoms with Gasteiger partial charge in [-0.3, -0.25) is 0 Å². The number of hydrogen-bond acceptors (Lipinski definition) is 4. The van der Waals surface area contributed by atoms with Crippen molar-refractivity contribution in [1.82, 2.24) is 0 Å². The molecule has 2 rings (SSSR count). The zero-order valence-electron chi connectivity index (χ0n) is 8.69. The Hall–Kier alpha value is -2.28. The summed E-state index contributed by atoms with van der Waals surface area (Å²) in [6, 6.07) is 8.79. The van der Waals surface area contributed by atoms with Gasteiger partial charge in [-0.15, -0.1) is 0 Å². The second-order valence-electron chi connectivity index (χ2n) is 3.13. The molecule has 4 heteroatoms. The molecule has 16 heavy (non-hydrogen) atoms. The van der Waals surface area contributed by atoms with E-state index < -0.39 is 5.63 Å². The molecule has 0 atom stereocenters. The molecule has 0 amide bonds. The van der Waals surface area contributed by atoms with Crippen molar-refractivity contribution in [3.63, 3.8) is 0 Å². The van der Waals surface area contributed by atoms with Gasteiger partial charge in [0.15, 0.2) is 11.3 Å². The molecule has 0 aliphatic rings. The normalized spacial score (nSPS) is 10.0.